The number of aromatic nitrogens is 3. The Bertz CT molecular complexity index is 427. The zero-order chi connectivity index (χ0) is 9.97. The van der Waals surface area contributed by atoms with Crippen LogP contribution in [0.5, 0.6) is 11.8 Å². The minimum absolute atomic E-state index is 0.447. The minimum Gasteiger partial charge on any atom is -0.424 e. The Kier molecular flexibility index (Phi) is 2.37. The molecule has 0 aliphatic heterocycles. The molecule has 0 radical (unpaired) electrons. The van der Waals surface area contributed by atoms with Gasteiger partial charge in [0.25, 0.3) is 0 Å². The van der Waals surface area contributed by atoms with Gasteiger partial charge in [-0.1, -0.05) is 11.6 Å². The Morgan fingerprint density at radius 2 is 2.29 bits per heavy atom. The van der Waals surface area contributed by atoms with Crippen molar-refractivity contribution in [3.05, 3.63) is 35.9 Å². The summed E-state index contributed by atoms with van der Waals surface area (Å²) in [5, 5.41) is 0.531. The molecule has 0 N–H and O–H groups in total. The third-order valence-corrected chi connectivity index (χ3v) is 2.08. The molecule has 0 bridgehead atoms. The van der Waals surface area contributed by atoms with Crippen LogP contribution in [-0.2, 0) is 7.05 Å². The lowest BCUT2D eigenvalue weighted by Crippen LogP contribution is -1.94. The monoisotopic (exact) mass is 209 g/mol. The molecule has 0 spiro atoms. The van der Waals surface area contributed by atoms with E-state index in [1.54, 1.807) is 36.1 Å². The summed E-state index contributed by atoms with van der Waals surface area (Å²) in [6.45, 7) is 0. The van der Waals surface area contributed by atoms with E-state index >= 15 is 0 Å². The maximum absolute atomic E-state index is 5.80. The van der Waals surface area contributed by atoms with E-state index in [0.29, 0.717) is 16.9 Å². The molecule has 2 aromatic rings. The quantitative estimate of drug-likeness (QED) is 0.762. The molecule has 0 saturated heterocycles. The van der Waals surface area contributed by atoms with E-state index in [0.717, 1.165) is 0 Å². The molecule has 5 heteroatoms. The van der Waals surface area contributed by atoms with E-state index in [1.165, 1.54) is 6.20 Å². The molecule has 0 aliphatic carbocycles. The van der Waals surface area contributed by atoms with E-state index in [9.17, 15) is 0 Å². The van der Waals surface area contributed by atoms with Crippen molar-refractivity contribution < 1.29 is 4.74 Å². The van der Waals surface area contributed by atoms with Crippen molar-refractivity contribution in [3.8, 4) is 11.8 Å². The average Bonchev–Trinajstić information content (AvgIpc) is 2.52. The lowest BCUT2D eigenvalue weighted by atomic mass is 10.5. The topological polar surface area (TPSA) is 39.9 Å². The summed E-state index contributed by atoms with van der Waals surface area (Å²) in [6.07, 6.45) is 4.83. The van der Waals surface area contributed by atoms with Gasteiger partial charge in [-0.15, -0.1) is 0 Å². The zero-order valence-corrected chi connectivity index (χ0v) is 8.27. The molecule has 4 nitrogen and oxygen atoms in total. The van der Waals surface area contributed by atoms with Crippen molar-refractivity contribution in [1.29, 1.82) is 0 Å². The fraction of sp³-hybridized carbons (Fsp3) is 0.111. The summed E-state index contributed by atoms with van der Waals surface area (Å²) in [7, 11) is 1.78. The highest BCUT2D eigenvalue weighted by Gasteiger charge is 2.05. The van der Waals surface area contributed by atoms with Crippen molar-refractivity contribution in [3.63, 3.8) is 0 Å². The first kappa shape index (κ1) is 9.02. The van der Waals surface area contributed by atoms with E-state index in [2.05, 4.69) is 9.97 Å². The summed E-state index contributed by atoms with van der Waals surface area (Å²) in [4.78, 5) is 7.91. The molecule has 14 heavy (non-hydrogen) atoms. The Balaban J connectivity index is 2.23. The molecule has 0 aliphatic rings. The van der Waals surface area contributed by atoms with Gasteiger partial charge in [0.1, 0.15) is 10.9 Å². The summed E-state index contributed by atoms with van der Waals surface area (Å²) in [5.41, 5.74) is 0. The Morgan fingerprint density at radius 1 is 1.43 bits per heavy atom. The van der Waals surface area contributed by atoms with Crippen LogP contribution in [0.1, 0.15) is 0 Å². The van der Waals surface area contributed by atoms with Gasteiger partial charge in [0.05, 0.1) is 12.4 Å². The second kappa shape index (κ2) is 3.67. The van der Waals surface area contributed by atoms with Gasteiger partial charge in [-0.3, -0.25) is 9.55 Å². The van der Waals surface area contributed by atoms with Crippen LogP contribution in [0.2, 0.25) is 5.15 Å². The maximum Gasteiger partial charge on any atom is 0.302 e. The van der Waals surface area contributed by atoms with Crippen molar-refractivity contribution >= 4 is 11.6 Å². The number of rotatable bonds is 2. The Morgan fingerprint density at radius 3 is 2.86 bits per heavy atom. The van der Waals surface area contributed by atoms with Gasteiger partial charge in [0.2, 0.25) is 0 Å². The maximum atomic E-state index is 5.80. The molecule has 0 unspecified atom stereocenters. The predicted molar refractivity (Wildman–Crippen MR) is 52.5 cm³/mol. The summed E-state index contributed by atoms with van der Waals surface area (Å²) < 4.78 is 7.08. The second-order valence-corrected chi connectivity index (χ2v) is 3.10. The molecule has 0 amide bonds. The zero-order valence-electron chi connectivity index (χ0n) is 7.51. The lowest BCUT2D eigenvalue weighted by Gasteiger charge is -2.03. The van der Waals surface area contributed by atoms with Crippen molar-refractivity contribution in [2.45, 2.75) is 0 Å². The second-order valence-electron chi connectivity index (χ2n) is 2.71. The van der Waals surface area contributed by atoms with Crippen molar-refractivity contribution in [2.75, 3.05) is 0 Å². The number of nitrogens with zero attached hydrogens (tertiary/aromatic N) is 3. The highest BCUT2D eigenvalue weighted by Crippen LogP contribution is 2.21. The van der Waals surface area contributed by atoms with Crippen LogP contribution in [-0.4, -0.2) is 14.5 Å². The summed E-state index contributed by atoms with van der Waals surface area (Å²) in [6, 6.07) is 4.04. The normalized spacial score (nSPS) is 10.1. The van der Waals surface area contributed by atoms with Crippen LogP contribution in [0.3, 0.4) is 0 Å². The van der Waals surface area contributed by atoms with Gasteiger partial charge in [-0.2, -0.15) is 0 Å². The fourth-order valence-corrected chi connectivity index (χ4v) is 1.10. The number of ether oxygens (including phenoxy) is 1. The van der Waals surface area contributed by atoms with Gasteiger partial charge >= 0.3 is 6.01 Å². The molecule has 2 aromatic heterocycles. The van der Waals surface area contributed by atoms with E-state index in [4.69, 9.17) is 16.3 Å². The van der Waals surface area contributed by atoms with Gasteiger partial charge in [0, 0.05) is 13.2 Å². The predicted octanol–water partition coefficient (Wildman–Crippen LogP) is 2.26. The standard InChI is InChI=1S/C9H8ClN3O/c1-13-8(10)6-12-9(13)14-7-3-2-4-11-5-7/h2-6H,1H3. The van der Waals surface area contributed by atoms with Crippen LogP contribution < -0.4 is 4.74 Å². The average molecular weight is 210 g/mol. The third kappa shape index (κ3) is 1.70. The first-order valence-corrected chi connectivity index (χ1v) is 4.40. The van der Waals surface area contributed by atoms with E-state index < -0.39 is 0 Å². The smallest absolute Gasteiger partial charge is 0.302 e. The summed E-state index contributed by atoms with van der Waals surface area (Å²) in [5.74, 6) is 0.637. The van der Waals surface area contributed by atoms with Gasteiger partial charge in [-0.05, 0) is 12.1 Å². The number of halogens is 1. The number of hydrogen-bond donors (Lipinski definition) is 0. The van der Waals surface area contributed by atoms with Crippen LogP contribution in [0.15, 0.2) is 30.7 Å². The third-order valence-electron chi connectivity index (χ3n) is 1.73. The minimum atomic E-state index is 0.447. The largest absolute Gasteiger partial charge is 0.424 e. The molecule has 2 heterocycles. The summed E-state index contributed by atoms with van der Waals surface area (Å²) >= 11 is 5.80. The fourth-order valence-electron chi connectivity index (χ4n) is 0.981. The molecule has 0 fully saturated rings. The molecular formula is C9H8ClN3O. The molecule has 0 atom stereocenters. The Labute approximate surface area is 86.1 Å². The Hall–Kier alpha value is -1.55. The molecule has 0 saturated carbocycles. The number of imidazole rings is 1. The molecular weight excluding hydrogens is 202 g/mol. The van der Waals surface area contributed by atoms with Crippen LogP contribution >= 0.6 is 11.6 Å². The molecule has 72 valence electrons. The SMILES string of the molecule is Cn1c(Cl)cnc1Oc1cccnc1. The van der Waals surface area contributed by atoms with Crippen LogP contribution in [0.4, 0.5) is 0 Å². The highest BCUT2D eigenvalue weighted by molar-refractivity contribution is 6.29. The van der Waals surface area contributed by atoms with E-state index in [-0.39, 0.29) is 0 Å². The van der Waals surface area contributed by atoms with Crippen molar-refractivity contribution in [2.24, 2.45) is 7.05 Å². The first-order valence-electron chi connectivity index (χ1n) is 4.02. The van der Waals surface area contributed by atoms with Crippen LogP contribution in [0.25, 0.3) is 0 Å². The number of hydrogen-bond acceptors (Lipinski definition) is 3. The lowest BCUT2D eigenvalue weighted by molar-refractivity contribution is 0.423. The van der Waals surface area contributed by atoms with Gasteiger partial charge < -0.3 is 4.74 Å². The van der Waals surface area contributed by atoms with Crippen molar-refractivity contribution in [1.82, 2.24) is 14.5 Å². The van der Waals surface area contributed by atoms with E-state index in [1.807, 2.05) is 0 Å². The first-order chi connectivity index (χ1) is 6.77. The van der Waals surface area contributed by atoms with Crippen LogP contribution in [0, 0.1) is 0 Å². The molecule has 0 aromatic carbocycles. The molecule has 2 rings (SSSR count). The van der Waals surface area contributed by atoms with Gasteiger partial charge in [-0.25, -0.2) is 4.98 Å². The van der Waals surface area contributed by atoms with Gasteiger partial charge in [0.15, 0.2) is 0 Å². The highest BCUT2D eigenvalue weighted by atomic mass is 35.5. The number of pyridine rings is 1.